The maximum absolute atomic E-state index is 14.0. The van der Waals surface area contributed by atoms with E-state index in [2.05, 4.69) is 24.5 Å². The molecule has 3 amide bonds. The Labute approximate surface area is 235 Å². The van der Waals surface area contributed by atoms with Gasteiger partial charge < -0.3 is 25.0 Å². The molecular weight excluding hydrogens is 514 g/mol. The number of fused-ring (bicyclic) bond motifs is 1. The Morgan fingerprint density at radius 2 is 2.05 bits per heavy atom. The van der Waals surface area contributed by atoms with E-state index in [9.17, 15) is 14.4 Å². The Balaban J connectivity index is 1.41. The summed E-state index contributed by atoms with van der Waals surface area (Å²) in [6.07, 6.45) is 8.94. The van der Waals surface area contributed by atoms with E-state index in [4.69, 9.17) is 9.47 Å². The van der Waals surface area contributed by atoms with Crippen molar-refractivity contribution in [2.24, 2.45) is 23.7 Å². The van der Waals surface area contributed by atoms with E-state index in [0.29, 0.717) is 43.7 Å². The number of hydrogen-bond acceptors (Lipinski definition) is 6. The van der Waals surface area contributed by atoms with Crippen LogP contribution in [0.25, 0.3) is 0 Å². The number of benzene rings is 1. The fourth-order valence-electron chi connectivity index (χ4n) is 6.96. The predicted octanol–water partition coefficient (Wildman–Crippen LogP) is 3.87. The standard InChI is InChI=1S/C30H41N3O5S/c1-5-37-16-8-15-33-26(28(35)32-22-12-6-9-18(2)19(22)3)30-14-13-23(38-30)24(25(30)29(33)36)27(34)31-20-10-7-11-21(17-20)39-4/h7,10-11,13-14,17-19,22-26H,5-6,8-9,12,15-16H2,1-4H3,(H,31,34)(H,32,35)/t18-,19+,22-,23+,24-,25+,26+,30+/m1/s1. The van der Waals surface area contributed by atoms with Gasteiger partial charge in [0, 0.05) is 36.4 Å². The molecule has 2 saturated heterocycles. The number of anilines is 1. The van der Waals surface area contributed by atoms with Crippen LogP contribution in [0, 0.1) is 23.7 Å². The van der Waals surface area contributed by atoms with Gasteiger partial charge in [-0.05, 0) is 56.1 Å². The van der Waals surface area contributed by atoms with Crippen LogP contribution in [0.4, 0.5) is 5.69 Å². The Morgan fingerprint density at radius 3 is 2.82 bits per heavy atom. The molecule has 3 heterocycles. The van der Waals surface area contributed by atoms with Crippen LogP contribution in [0.5, 0.6) is 0 Å². The normalized spacial score (nSPS) is 34.8. The third kappa shape index (κ3) is 5.13. The minimum Gasteiger partial charge on any atom is -0.382 e. The largest absolute Gasteiger partial charge is 0.382 e. The molecule has 0 radical (unpaired) electrons. The lowest BCUT2D eigenvalue weighted by Gasteiger charge is -2.38. The number of amides is 3. The molecule has 1 aliphatic carbocycles. The number of likely N-dealkylation sites (tertiary alicyclic amines) is 1. The van der Waals surface area contributed by atoms with E-state index < -0.39 is 29.6 Å². The molecule has 4 aliphatic rings. The Morgan fingerprint density at radius 1 is 1.23 bits per heavy atom. The highest BCUT2D eigenvalue weighted by molar-refractivity contribution is 7.98. The third-order valence-corrected chi connectivity index (χ3v) is 9.91. The highest BCUT2D eigenvalue weighted by atomic mass is 32.2. The average Bonchev–Trinajstić information content (AvgIpc) is 3.56. The molecule has 2 N–H and O–H groups in total. The number of nitrogens with zero attached hydrogens (tertiary/aromatic N) is 1. The molecule has 1 aromatic carbocycles. The number of hydrogen-bond donors (Lipinski definition) is 2. The van der Waals surface area contributed by atoms with Crippen LogP contribution in [0.2, 0.25) is 0 Å². The molecule has 5 rings (SSSR count). The van der Waals surface area contributed by atoms with Crippen LogP contribution < -0.4 is 10.6 Å². The van der Waals surface area contributed by atoms with Gasteiger partial charge in [0.1, 0.15) is 11.6 Å². The van der Waals surface area contributed by atoms with Gasteiger partial charge in [-0.2, -0.15) is 0 Å². The first-order valence-corrected chi connectivity index (χ1v) is 15.5. The number of rotatable bonds is 10. The molecule has 1 aromatic rings. The predicted molar refractivity (Wildman–Crippen MR) is 151 cm³/mol. The van der Waals surface area contributed by atoms with Gasteiger partial charge in [-0.15, -0.1) is 11.8 Å². The van der Waals surface area contributed by atoms with Crippen molar-refractivity contribution >= 4 is 35.2 Å². The molecule has 8 nitrogen and oxygen atoms in total. The summed E-state index contributed by atoms with van der Waals surface area (Å²) >= 11 is 1.60. The summed E-state index contributed by atoms with van der Waals surface area (Å²) in [6.45, 7) is 7.83. The second-order valence-electron chi connectivity index (χ2n) is 11.4. The lowest BCUT2D eigenvalue weighted by molar-refractivity contribution is -0.141. The van der Waals surface area contributed by atoms with Crippen molar-refractivity contribution in [3.05, 3.63) is 36.4 Å². The number of ether oxygens (including phenoxy) is 2. The summed E-state index contributed by atoms with van der Waals surface area (Å²) in [7, 11) is 0. The zero-order chi connectivity index (χ0) is 27.7. The zero-order valence-corrected chi connectivity index (χ0v) is 24.2. The SMILES string of the molecule is CCOCCCN1C(=O)[C@@H]2[C@H](C(=O)Nc3cccc(SC)c3)[C@@H]3C=C[C@@]2(O3)[C@@H]1C(=O)N[C@@H]1CCC[C@@H](C)[C@@H]1C. The van der Waals surface area contributed by atoms with Crippen LogP contribution in [-0.4, -0.2) is 72.4 Å². The molecule has 3 aliphatic heterocycles. The van der Waals surface area contributed by atoms with Crippen molar-refractivity contribution in [1.29, 1.82) is 0 Å². The van der Waals surface area contributed by atoms with Crippen LogP contribution >= 0.6 is 11.8 Å². The van der Waals surface area contributed by atoms with E-state index in [1.165, 1.54) is 0 Å². The number of carbonyl (C=O) groups is 3. The van der Waals surface area contributed by atoms with Crippen molar-refractivity contribution in [3.8, 4) is 0 Å². The minimum absolute atomic E-state index is 0.0578. The summed E-state index contributed by atoms with van der Waals surface area (Å²) in [5.74, 6) is -1.21. The van der Waals surface area contributed by atoms with Crippen LogP contribution in [-0.2, 0) is 23.9 Å². The summed E-state index contributed by atoms with van der Waals surface area (Å²) in [5.41, 5.74) is -0.467. The Hall–Kier alpha value is -2.36. The monoisotopic (exact) mass is 555 g/mol. The first-order valence-electron chi connectivity index (χ1n) is 14.3. The maximum Gasteiger partial charge on any atom is 0.246 e. The summed E-state index contributed by atoms with van der Waals surface area (Å²) in [4.78, 5) is 44.4. The third-order valence-electron chi connectivity index (χ3n) is 9.19. The van der Waals surface area contributed by atoms with E-state index >= 15 is 0 Å². The second kappa shape index (κ2) is 11.6. The van der Waals surface area contributed by atoms with Crippen LogP contribution in [0.3, 0.4) is 0 Å². The van der Waals surface area contributed by atoms with Gasteiger partial charge >= 0.3 is 0 Å². The average molecular weight is 556 g/mol. The molecule has 212 valence electrons. The Bertz CT molecular complexity index is 1130. The fourth-order valence-corrected chi connectivity index (χ4v) is 7.42. The van der Waals surface area contributed by atoms with Gasteiger partial charge in [0.25, 0.3) is 0 Å². The van der Waals surface area contributed by atoms with Crippen molar-refractivity contribution < 1.29 is 23.9 Å². The molecule has 0 aromatic heterocycles. The molecule has 39 heavy (non-hydrogen) atoms. The summed E-state index contributed by atoms with van der Waals surface area (Å²) in [5, 5.41) is 6.31. The first kappa shape index (κ1) is 28.2. The maximum atomic E-state index is 14.0. The number of nitrogens with one attached hydrogen (secondary N) is 2. The molecule has 3 fully saturated rings. The zero-order valence-electron chi connectivity index (χ0n) is 23.4. The van der Waals surface area contributed by atoms with Crippen molar-refractivity contribution in [2.45, 2.75) is 75.1 Å². The lowest BCUT2D eigenvalue weighted by atomic mass is 9.73. The van der Waals surface area contributed by atoms with Gasteiger partial charge in [-0.25, -0.2) is 0 Å². The number of carbonyl (C=O) groups excluding carboxylic acids is 3. The van der Waals surface area contributed by atoms with E-state index in [1.807, 2.05) is 49.6 Å². The van der Waals surface area contributed by atoms with Crippen LogP contribution in [0.15, 0.2) is 41.3 Å². The van der Waals surface area contributed by atoms with Gasteiger partial charge in [0.05, 0.1) is 17.9 Å². The minimum atomic E-state index is -1.15. The topological polar surface area (TPSA) is 97.0 Å². The molecule has 9 heteroatoms. The highest BCUT2D eigenvalue weighted by Crippen LogP contribution is 2.55. The van der Waals surface area contributed by atoms with Gasteiger partial charge in [0.15, 0.2) is 0 Å². The van der Waals surface area contributed by atoms with Gasteiger partial charge in [-0.1, -0.05) is 44.9 Å². The molecule has 0 unspecified atom stereocenters. The van der Waals surface area contributed by atoms with E-state index in [0.717, 1.165) is 24.2 Å². The second-order valence-corrected chi connectivity index (χ2v) is 12.3. The molecule has 1 saturated carbocycles. The van der Waals surface area contributed by atoms with Gasteiger partial charge in [0.2, 0.25) is 17.7 Å². The summed E-state index contributed by atoms with van der Waals surface area (Å²) < 4.78 is 12.0. The first-order chi connectivity index (χ1) is 18.8. The smallest absolute Gasteiger partial charge is 0.246 e. The molecule has 1 spiro atoms. The van der Waals surface area contributed by atoms with Crippen molar-refractivity contribution in [2.75, 3.05) is 31.3 Å². The van der Waals surface area contributed by atoms with Crippen molar-refractivity contribution in [1.82, 2.24) is 10.2 Å². The van der Waals surface area contributed by atoms with Gasteiger partial charge in [-0.3, -0.25) is 14.4 Å². The van der Waals surface area contributed by atoms with E-state index in [1.54, 1.807) is 16.7 Å². The number of thioether (sulfide) groups is 1. The summed E-state index contributed by atoms with van der Waals surface area (Å²) in [6, 6.07) is 6.88. The Kier molecular flexibility index (Phi) is 8.40. The lowest BCUT2D eigenvalue weighted by Crippen LogP contribution is -2.58. The molecule has 8 atom stereocenters. The van der Waals surface area contributed by atoms with Crippen LogP contribution in [0.1, 0.15) is 46.5 Å². The highest BCUT2D eigenvalue weighted by Gasteiger charge is 2.72. The van der Waals surface area contributed by atoms with E-state index in [-0.39, 0.29) is 23.8 Å². The quantitative estimate of drug-likeness (QED) is 0.259. The van der Waals surface area contributed by atoms with Crippen molar-refractivity contribution in [3.63, 3.8) is 0 Å². The molecular formula is C30H41N3O5S. The fraction of sp³-hybridized carbons (Fsp3) is 0.633. The molecule has 2 bridgehead atoms.